The smallest absolute Gasteiger partial charge is 0.180 e. The molecule has 26 heavy (non-hydrogen) atoms. The van der Waals surface area contributed by atoms with Crippen LogP contribution in [0.2, 0.25) is 0 Å². The van der Waals surface area contributed by atoms with Gasteiger partial charge in [-0.15, -0.1) is 0 Å². The van der Waals surface area contributed by atoms with Gasteiger partial charge in [-0.25, -0.2) is 9.97 Å². The lowest BCUT2D eigenvalue weighted by Crippen LogP contribution is -2.03. The van der Waals surface area contributed by atoms with Gasteiger partial charge in [-0.05, 0) is 30.3 Å². The van der Waals surface area contributed by atoms with Crippen LogP contribution in [0.4, 0.5) is 5.82 Å². The highest BCUT2D eigenvalue weighted by atomic mass is 15.1. The van der Waals surface area contributed by atoms with Crippen molar-refractivity contribution >= 4 is 22.4 Å². The zero-order valence-electron chi connectivity index (χ0n) is 13.7. The molecule has 0 saturated heterocycles. The zero-order chi connectivity index (χ0) is 17.5. The van der Waals surface area contributed by atoms with Gasteiger partial charge in [0.25, 0.3) is 0 Å². The van der Waals surface area contributed by atoms with Crippen LogP contribution in [-0.2, 0) is 0 Å². The Morgan fingerprint density at radius 3 is 2.62 bits per heavy atom. The van der Waals surface area contributed by atoms with E-state index in [4.69, 9.17) is 5.73 Å². The number of imidazole rings is 1. The van der Waals surface area contributed by atoms with E-state index < -0.39 is 0 Å². The van der Waals surface area contributed by atoms with Crippen LogP contribution in [0.5, 0.6) is 0 Å². The number of hydrogen-bond donors (Lipinski definition) is 1. The highest BCUT2D eigenvalue weighted by Gasteiger charge is 2.17. The molecule has 0 radical (unpaired) electrons. The number of aromatic nitrogens is 5. The zero-order valence-corrected chi connectivity index (χ0v) is 13.7. The summed E-state index contributed by atoms with van der Waals surface area (Å²) in [6.07, 6.45) is 8.93. The second-order valence-electron chi connectivity index (χ2n) is 5.96. The third kappa shape index (κ3) is 2.20. The average Bonchev–Trinajstić information content (AvgIpc) is 3.18. The van der Waals surface area contributed by atoms with Gasteiger partial charge in [0.1, 0.15) is 0 Å². The Morgan fingerprint density at radius 1 is 0.846 bits per heavy atom. The summed E-state index contributed by atoms with van der Waals surface area (Å²) < 4.78 is 1.98. The minimum Gasteiger partial charge on any atom is -0.381 e. The third-order valence-electron chi connectivity index (χ3n) is 4.40. The van der Waals surface area contributed by atoms with Gasteiger partial charge in [-0.2, -0.15) is 0 Å². The fraction of sp³-hybridized carbons (Fsp3) is 0. The maximum atomic E-state index is 6.16. The van der Waals surface area contributed by atoms with Crippen LogP contribution < -0.4 is 5.73 Å². The molecule has 4 aromatic heterocycles. The summed E-state index contributed by atoms with van der Waals surface area (Å²) >= 11 is 0. The molecular formula is C20H14N6. The molecule has 0 bridgehead atoms. The molecule has 5 rings (SSSR count). The predicted octanol–water partition coefficient (Wildman–Crippen LogP) is 3.59. The summed E-state index contributed by atoms with van der Waals surface area (Å²) in [4.78, 5) is 17.5. The maximum absolute atomic E-state index is 6.16. The molecule has 0 spiro atoms. The number of rotatable bonds is 2. The van der Waals surface area contributed by atoms with Gasteiger partial charge in [0, 0.05) is 47.5 Å². The number of hydrogen-bond acceptors (Lipinski definition) is 5. The van der Waals surface area contributed by atoms with Crippen LogP contribution in [0.25, 0.3) is 39.1 Å². The minimum atomic E-state index is 0.396. The predicted molar refractivity (Wildman–Crippen MR) is 101 cm³/mol. The van der Waals surface area contributed by atoms with Crippen molar-refractivity contribution in [3.63, 3.8) is 0 Å². The van der Waals surface area contributed by atoms with Gasteiger partial charge >= 0.3 is 0 Å². The van der Waals surface area contributed by atoms with Crippen LogP contribution >= 0.6 is 0 Å². The largest absolute Gasteiger partial charge is 0.381 e. The van der Waals surface area contributed by atoms with Gasteiger partial charge in [0.2, 0.25) is 0 Å². The standard InChI is InChI=1S/C20H14N6/c21-19-20-24-10-11-26(20)18(17(25-19)13-5-8-22-9-6-13)15-3-4-16-14(12-15)2-1-7-23-16/h1-12H,(H2,21,25). The maximum Gasteiger partial charge on any atom is 0.180 e. The van der Waals surface area contributed by atoms with Crippen molar-refractivity contribution in [2.45, 2.75) is 0 Å². The van der Waals surface area contributed by atoms with Crippen LogP contribution in [0, 0.1) is 0 Å². The van der Waals surface area contributed by atoms with Crippen molar-refractivity contribution in [2.75, 3.05) is 5.73 Å². The summed E-state index contributed by atoms with van der Waals surface area (Å²) in [5.41, 5.74) is 11.4. The van der Waals surface area contributed by atoms with E-state index in [-0.39, 0.29) is 0 Å². The average molecular weight is 338 g/mol. The van der Waals surface area contributed by atoms with Gasteiger partial charge in [0.05, 0.1) is 16.9 Å². The third-order valence-corrected chi connectivity index (χ3v) is 4.40. The minimum absolute atomic E-state index is 0.396. The molecule has 4 heterocycles. The Bertz CT molecular complexity index is 1240. The summed E-state index contributed by atoms with van der Waals surface area (Å²) in [5.74, 6) is 0.396. The summed E-state index contributed by atoms with van der Waals surface area (Å²) in [6, 6.07) is 14.0. The van der Waals surface area contributed by atoms with Crippen molar-refractivity contribution in [1.29, 1.82) is 0 Å². The molecule has 0 saturated carbocycles. The van der Waals surface area contributed by atoms with Crippen LogP contribution in [0.3, 0.4) is 0 Å². The number of nitrogen functional groups attached to an aromatic ring is 1. The van der Waals surface area contributed by atoms with Gasteiger partial charge < -0.3 is 5.73 Å². The van der Waals surface area contributed by atoms with Crippen molar-refractivity contribution in [2.24, 2.45) is 0 Å². The Hall–Kier alpha value is -3.80. The lowest BCUT2D eigenvalue weighted by Gasteiger charge is -2.14. The van der Waals surface area contributed by atoms with E-state index in [1.165, 1.54) is 0 Å². The van der Waals surface area contributed by atoms with Crippen LogP contribution in [0.1, 0.15) is 0 Å². The highest BCUT2D eigenvalue weighted by Crippen LogP contribution is 2.33. The number of nitrogens with two attached hydrogens (primary N) is 1. The lowest BCUT2D eigenvalue weighted by atomic mass is 10.0. The van der Waals surface area contributed by atoms with E-state index >= 15 is 0 Å². The number of benzene rings is 1. The molecule has 124 valence electrons. The lowest BCUT2D eigenvalue weighted by molar-refractivity contribution is 1.14. The Labute approximate surface area is 149 Å². The molecule has 0 amide bonds. The van der Waals surface area contributed by atoms with E-state index in [1.54, 1.807) is 24.8 Å². The van der Waals surface area contributed by atoms with Crippen LogP contribution in [0.15, 0.2) is 73.4 Å². The first-order valence-electron chi connectivity index (χ1n) is 8.19. The molecule has 1 aromatic carbocycles. The molecule has 2 N–H and O–H groups in total. The van der Waals surface area contributed by atoms with Crippen molar-refractivity contribution in [3.8, 4) is 22.5 Å². The quantitative estimate of drug-likeness (QED) is 0.532. The fourth-order valence-corrected chi connectivity index (χ4v) is 3.22. The van der Waals surface area contributed by atoms with E-state index in [2.05, 4.69) is 26.0 Å². The molecule has 0 aliphatic rings. The fourth-order valence-electron chi connectivity index (χ4n) is 3.22. The molecular weight excluding hydrogens is 324 g/mol. The number of anilines is 1. The van der Waals surface area contributed by atoms with E-state index in [0.717, 1.165) is 33.4 Å². The van der Waals surface area contributed by atoms with E-state index in [9.17, 15) is 0 Å². The molecule has 5 aromatic rings. The Kier molecular flexibility index (Phi) is 3.15. The van der Waals surface area contributed by atoms with Crippen LogP contribution in [-0.4, -0.2) is 24.3 Å². The first-order valence-corrected chi connectivity index (χ1v) is 8.19. The number of fused-ring (bicyclic) bond motifs is 2. The van der Waals surface area contributed by atoms with Crippen molar-refractivity contribution < 1.29 is 0 Å². The molecule has 0 aliphatic heterocycles. The van der Waals surface area contributed by atoms with E-state index in [0.29, 0.717) is 11.5 Å². The van der Waals surface area contributed by atoms with Gasteiger partial charge in [0.15, 0.2) is 11.5 Å². The highest BCUT2D eigenvalue weighted by molar-refractivity contribution is 5.89. The SMILES string of the molecule is Nc1nc(-c2ccncc2)c(-c2ccc3ncccc3c2)n2ccnc12. The van der Waals surface area contributed by atoms with Gasteiger partial charge in [-0.1, -0.05) is 12.1 Å². The second kappa shape index (κ2) is 5.63. The summed E-state index contributed by atoms with van der Waals surface area (Å²) in [6.45, 7) is 0. The Morgan fingerprint density at radius 2 is 1.73 bits per heavy atom. The topological polar surface area (TPSA) is 82.0 Å². The molecule has 0 fully saturated rings. The molecule has 0 unspecified atom stereocenters. The van der Waals surface area contributed by atoms with Gasteiger partial charge in [-0.3, -0.25) is 14.4 Å². The normalized spacial score (nSPS) is 11.2. The summed E-state index contributed by atoms with van der Waals surface area (Å²) in [5, 5.41) is 1.07. The monoisotopic (exact) mass is 338 g/mol. The van der Waals surface area contributed by atoms with E-state index in [1.807, 2.05) is 47.0 Å². The summed E-state index contributed by atoms with van der Waals surface area (Å²) in [7, 11) is 0. The number of nitrogens with zero attached hydrogens (tertiary/aromatic N) is 5. The first kappa shape index (κ1) is 14.5. The molecule has 0 aliphatic carbocycles. The van der Waals surface area contributed by atoms with Crippen molar-refractivity contribution in [3.05, 3.63) is 73.4 Å². The molecule has 6 nitrogen and oxygen atoms in total. The van der Waals surface area contributed by atoms with Crippen molar-refractivity contribution in [1.82, 2.24) is 24.3 Å². The molecule has 0 atom stereocenters. The molecule has 6 heteroatoms. The number of pyridine rings is 2. The Balaban J connectivity index is 1.87. The second-order valence-corrected chi connectivity index (χ2v) is 5.96. The first-order chi connectivity index (χ1) is 12.8.